The van der Waals surface area contributed by atoms with Gasteiger partial charge in [-0.2, -0.15) is 0 Å². The highest BCUT2D eigenvalue weighted by Gasteiger charge is 2.23. The molecule has 4 nitrogen and oxygen atoms in total. The van der Waals surface area contributed by atoms with E-state index in [1.807, 2.05) is 35.2 Å². The van der Waals surface area contributed by atoms with Crippen LogP contribution in [-0.4, -0.2) is 36.7 Å². The lowest BCUT2D eigenvalue weighted by atomic mass is 10.1. The molecule has 1 saturated heterocycles. The molecule has 2 heterocycles. The number of thiophene rings is 1. The molecule has 1 aliphatic rings. The topological polar surface area (TPSA) is 38.8 Å². The summed E-state index contributed by atoms with van der Waals surface area (Å²) in [5.74, 6) is 0.520. The largest absolute Gasteiger partial charge is 0.493 e. The second-order valence-corrected chi connectivity index (χ2v) is 9.07. The van der Waals surface area contributed by atoms with Gasteiger partial charge < -0.3 is 14.4 Å². The molecule has 1 atom stereocenters. The van der Waals surface area contributed by atoms with E-state index in [-0.39, 0.29) is 24.2 Å². The van der Waals surface area contributed by atoms with E-state index in [2.05, 4.69) is 11.4 Å². The van der Waals surface area contributed by atoms with E-state index in [1.165, 1.54) is 17.0 Å². The summed E-state index contributed by atoms with van der Waals surface area (Å²) < 4.78 is 25.0. The Morgan fingerprint density at radius 3 is 2.75 bits per heavy atom. The summed E-state index contributed by atoms with van der Waals surface area (Å²) in [4.78, 5) is 16.3. The van der Waals surface area contributed by atoms with Crippen molar-refractivity contribution in [3.05, 3.63) is 87.9 Å². The second-order valence-electron chi connectivity index (χ2n) is 8.04. The number of ether oxygens (including phenoxy) is 2. The van der Waals surface area contributed by atoms with Gasteiger partial charge in [-0.15, -0.1) is 11.3 Å². The SMILES string of the molecule is O=C(Cc1ccc(F)cc1)N(Cc1cccc(OCCc2cccs2)c1)C[C@H]1CCCO1. The normalized spacial score (nSPS) is 15.6. The predicted octanol–water partition coefficient (Wildman–Crippen LogP) is 5.26. The molecule has 1 fully saturated rings. The Kier molecular flexibility index (Phi) is 7.91. The first-order valence-electron chi connectivity index (χ1n) is 11.0. The summed E-state index contributed by atoms with van der Waals surface area (Å²) in [5.41, 5.74) is 1.82. The Morgan fingerprint density at radius 1 is 1.12 bits per heavy atom. The van der Waals surface area contributed by atoms with Gasteiger partial charge in [0, 0.05) is 31.0 Å². The highest BCUT2D eigenvalue weighted by atomic mass is 32.1. The van der Waals surface area contributed by atoms with Crippen molar-refractivity contribution in [2.24, 2.45) is 0 Å². The Hall–Kier alpha value is -2.70. The van der Waals surface area contributed by atoms with Crippen LogP contribution in [0.4, 0.5) is 4.39 Å². The lowest BCUT2D eigenvalue weighted by molar-refractivity contribution is -0.132. The smallest absolute Gasteiger partial charge is 0.227 e. The molecule has 0 radical (unpaired) electrons. The lowest BCUT2D eigenvalue weighted by Crippen LogP contribution is -2.37. The van der Waals surface area contributed by atoms with Crippen LogP contribution < -0.4 is 4.74 Å². The molecular formula is C26H28FNO3S. The van der Waals surface area contributed by atoms with Gasteiger partial charge in [0.25, 0.3) is 0 Å². The van der Waals surface area contributed by atoms with Crippen LogP contribution in [0.5, 0.6) is 5.75 Å². The van der Waals surface area contributed by atoms with Crippen molar-refractivity contribution in [2.75, 3.05) is 19.8 Å². The Bertz CT molecular complexity index is 985. The van der Waals surface area contributed by atoms with Gasteiger partial charge in [-0.3, -0.25) is 4.79 Å². The summed E-state index contributed by atoms with van der Waals surface area (Å²) in [6, 6.07) is 18.2. The van der Waals surface area contributed by atoms with Crippen molar-refractivity contribution in [3.8, 4) is 5.75 Å². The second kappa shape index (κ2) is 11.2. The first-order valence-corrected chi connectivity index (χ1v) is 11.9. The van der Waals surface area contributed by atoms with Gasteiger partial charge in [-0.05, 0) is 59.7 Å². The lowest BCUT2D eigenvalue weighted by Gasteiger charge is -2.26. The fourth-order valence-corrected chi connectivity index (χ4v) is 4.55. The third-order valence-corrected chi connectivity index (χ3v) is 6.47. The Morgan fingerprint density at radius 2 is 2.00 bits per heavy atom. The summed E-state index contributed by atoms with van der Waals surface area (Å²) in [5, 5.41) is 2.07. The van der Waals surface area contributed by atoms with Crippen molar-refractivity contribution < 1.29 is 18.7 Å². The molecule has 6 heteroatoms. The average molecular weight is 454 g/mol. The zero-order valence-electron chi connectivity index (χ0n) is 18.0. The molecule has 2 aromatic carbocycles. The van der Waals surface area contributed by atoms with Gasteiger partial charge >= 0.3 is 0 Å². The molecule has 1 amide bonds. The van der Waals surface area contributed by atoms with Crippen LogP contribution in [0.2, 0.25) is 0 Å². The van der Waals surface area contributed by atoms with Crippen molar-refractivity contribution >= 4 is 17.2 Å². The monoisotopic (exact) mass is 453 g/mol. The number of carbonyl (C=O) groups excluding carboxylic acids is 1. The van der Waals surface area contributed by atoms with Crippen LogP contribution in [0.3, 0.4) is 0 Å². The van der Waals surface area contributed by atoms with E-state index in [1.54, 1.807) is 23.5 Å². The predicted molar refractivity (Wildman–Crippen MR) is 124 cm³/mol. The number of halogens is 1. The fraction of sp³-hybridized carbons (Fsp3) is 0.346. The highest BCUT2D eigenvalue weighted by Crippen LogP contribution is 2.20. The molecule has 0 N–H and O–H groups in total. The van der Waals surface area contributed by atoms with Crippen molar-refractivity contribution in [1.29, 1.82) is 0 Å². The van der Waals surface area contributed by atoms with E-state index in [0.717, 1.165) is 42.7 Å². The molecular weight excluding hydrogens is 425 g/mol. The number of benzene rings is 2. The van der Waals surface area contributed by atoms with E-state index < -0.39 is 0 Å². The summed E-state index contributed by atoms with van der Waals surface area (Å²) in [6.45, 7) is 2.41. The highest BCUT2D eigenvalue weighted by molar-refractivity contribution is 7.09. The Balaban J connectivity index is 1.40. The van der Waals surface area contributed by atoms with Gasteiger partial charge in [-0.25, -0.2) is 4.39 Å². The van der Waals surface area contributed by atoms with Crippen molar-refractivity contribution in [3.63, 3.8) is 0 Å². The summed E-state index contributed by atoms with van der Waals surface area (Å²) in [7, 11) is 0. The van der Waals surface area contributed by atoms with Crippen LogP contribution in [0, 0.1) is 5.82 Å². The van der Waals surface area contributed by atoms with E-state index in [9.17, 15) is 9.18 Å². The minimum atomic E-state index is -0.298. The molecule has 3 aromatic rings. The molecule has 0 bridgehead atoms. The zero-order valence-corrected chi connectivity index (χ0v) is 18.9. The van der Waals surface area contributed by atoms with Gasteiger partial charge in [0.2, 0.25) is 5.91 Å². The maximum absolute atomic E-state index is 13.2. The standard InChI is InChI=1S/C26H28FNO3S/c27-22-10-8-20(9-11-22)17-26(29)28(19-24-6-2-13-30-24)18-21-4-1-5-23(16-21)31-14-12-25-7-3-15-32-25/h1,3-5,7-11,15-16,24H,2,6,12-14,17-19H2/t24-/m1/s1. The van der Waals surface area contributed by atoms with Gasteiger partial charge in [0.15, 0.2) is 0 Å². The molecule has 4 rings (SSSR count). The molecule has 32 heavy (non-hydrogen) atoms. The Labute approximate surface area is 192 Å². The average Bonchev–Trinajstić information content (AvgIpc) is 3.50. The van der Waals surface area contributed by atoms with Crippen LogP contribution >= 0.6 is 11.3 Å². The minimum Gasteiger partial charge on any atom is -0.493 e. The van der Waals surface area contributed by atoms with E-state index in [0.29, 0.717) is 19.7 Å². The van der Waals surface area contributed by atoms with Crippen molar-refractivity contribution in [2.45, 2.75) is 38.3 Å². The number of carbonyl (C=O) groups is 1. The first-order chi connectivity index (χ1) is 15.7. The van der Waals surface area contributed by atoms with E-state index in [4.69, 9.17) is 9.47 Å². The van der Waals surface area contributed by atoms with Crippen molar-refractivity contribution in [1.82, 2.24) is 4.90 Å². The molecule has 0 saturated carbocycles. The minimum absolute atomic E-state index is 0.0103. The maximum Gasteiger partial charge on any atom is 0.227 e. The molecule has 1 aromatic heterocycles. The molecule has 0 unspecified atom stereocenters. The molecule has 0 aliphatic carbocycles. The van der Waals surface area contributed by atoms with Crippen LogP contribution in [0.25, 0.3) is 0 Å². The summed E-state index contributed by atoms with van der Waals surface area (Å²) >= 11 is 1.73. The van der Waals surface area contributed by atoms with E-state index >= 15 is 0 Å². The zero-order chi connectivity index (χ0) is 22.2. The molecule has 168 valence electrons. The third kappa shape index (κ3) is 6.65. The maximum atomic E-state index is 13.2. The number of hydrogen-bond acceptors (Lipinski definition) is 4. The molecule has 0 spiro atoms. The quantitative estimate of drug-likeness (QED) is 0.420. The third-order valence-electron chi connectivity index (χ3n) is 5.54. The first kappa shape index (κ1) is 22.5. The summed E-state index contributed by atoms with van der Waals surface area (Å²) in [6.07, 6.45) is 3.18. The number of hydrogen-bond donors (Lipinski definition) is 0. The van der Waals surface area contributed by atoms with Crippen LogP contribution in [-0.2, 0) is 28.9 Å². The van der Waals surface area contributed by atoms with Gasteiger partial charge in [-0.1, -0.05) is 30.3 Å². The van der Waals surface area contributed by atoms with Crippen LogP contribution in [0.1, 0.15) is 28.8 Å². The fourth-order valence-electron chi connectivity index (χ4n) is 3.86. The number of rotatable bonds is 10. The number of amides is 1. The van der Waals surface area contributed by atoms with Crippen LogP contribution in [0.15, 0.2) is 66.0 Å². The molecule has 1 aliphatic heterocycles. The van der Waals surface area contributed by atoms with Gasteiger partial charge in [0.05, 0.1) is 19.1 Å². The number of nitrogens with zero attached hydrogens (tertiary/aromatic N) is 1. The van der Waals surface area contributed by atoms with Gasteiger partial charge in [0.1, 0.15) is 11.6 Å².